The molecule has 0 radical (unpaired) electrons. The highest BCUT2D eigenvalue weighted by Gasteiger charge is 2.38. The number of aliphatic hydroxyl groups excluding tert-OH is 1. The minimum atomic E-state index is -0.587. The van der Waals surface area contributed by atoms with Crippen LogP contribution in [0.4, 0.5) is 4.79 Å². The first-order valence-electron chi connectivity index (χ1n) is 15.6. The van der Waals surface area contributed by atoms with Gasteiger partial charge in [-0.3, -0.25) is 0 Å². The molecule has 242 valence electrons. The predicted molar refractivity (Wildman–Crippen MR) is 180 cm³/mol. The predicted octanol–water partition coefficient (Wildman–Crippen LogP) is 5.95. The van der Waals surface area contributed by atoms with Crippen LogP contribution in [-0.2, 0) is 36.2 Å². The lowest BCUT2D eigenvalue weighted by Crippen LogP contribution is -2.38. The summed E-state index contributed by atoms with van der Waals surface area (Å²) in [6.45, 7) is 2.98. The summed E-state index contributed by atoms with van der Waals surface area (Å²) in [7, 11) is 1.82. The zero-order valence-electron chi connectivity index (χ0n) is 26.3. The molecule has 4 aromatic carbocycles. The SMILES string of the molecule is C[C@H]1[C@@H](CSc2nnnn2C)O[C@@H](c2ccc(-c3ccccc3CNC(=O)NCc3ccccc3)cc2)O[C@H]1c1ccc(CO)cc1. The summed E-state index contributed by atoms with van der Waals surface area (Å²) in [4.78, 5) is 12.5. The van der Waals surface area contributed by atoms with Crippen LogP contribution in [0.1, 0.15) is 47.1 Å². The molecular weight excluding hydrogens is 613 g/mol. The van der Waals surface area contributed by atoms with E-state index in [0.717, 1.165) is 44.1 Å². The molecule has 10 nitrogen and oxygen atoms in total. The van der Waals surface area contributed by atoms with Crippen molar-refractivity contribution < 1.29 is 19.4 Å². The number of rotatable bonds is 11. The lowest BCUT2D eigenvalue weighted by atomic mass is 9.91. The third kappa shape index (κ3) is 8.06. The summed E-state index contributed by atoms with van der Waals surface area (Å²) in [5, 5.41) is 28.0. The fourth-order valence-electron chi connectivity index (χ4n) is 5.60. The number of aromatic nitrogens is 4. The van der Waals surface area contributed by atoms with E-state index >= 15 is 0 Å². The molecule has 1 saturated heterocycles. The van der Waals surface area contributed by atoms with Crippen molar-refractivity contribution in [1.29, 1.82) is 0 Å². The van der Waals surface area contributed by atoms with Crippen molar-refractivity contribution in [3.63, 3.8) is 0 Å². The van der Waals surface area contributed by atoms with Gasteiger partial charge >= 0.3 is 6.03 Å². The molecule has 6 rings (SSSR count). The minimum Gasteiger partial charge on any atom is -0.392 e. The van der Waals surface area contributed by atoms with Crippen LogP contribution in [0.15, 0.2) is 108 Å². The maximum Gasteiger partial charge on any atom is 0.315 e. The zero-order valence-corrected chi connectivity index (χ0v) is 27.1. The van der Waals surface area contributed by atoms with E-state index in [0.29, 0.717) is 18.8 Å². The molecule has 0 bridgehead atoms. The quantitative estimate of drug-likeness (QED) is 0.150. The number of tetrazole rings is 1. The maximum absolute atomic E-state index is 12.5. The van der Waals surface area contributed by atoms with Gasteiger partial charge in [-0.25, -0.2) is 9.48 Å². The average molecular weight is 651 g/mol. The van der Waals surface area contributed by atoms with Gasteiger partial charge in [0.15, 0.2) is 6.29 Å². The lowest BCUT2D eigenvalue weighted by Gasteiger charge is -2.41. The van der Waals surface area contributed by atoms with Crippen molar-refractivity contribution >= 4 is 17.8 Å². The number of urea groups is 1. The van der Waals surface area contributed by atoms with Gasteiger partial charge in [0.25, 0.3) is 0 Å². The number of hydrogen-bond acceptors (Lipinski definition) is 8. The number of hydrogen-bond donors (Lipinski definition) is 3. The molecular formula is C36H38N6O4S. The number of benzene rings is 4. The Hall–Kier alpha value is -4.55. The number of aliphatic hydroxyl groups is 1. The van der Waals surface area contributed by atoms with Crippen molar-refractivity contribution in [2.45, 2.75) is 50.3 Å². The Morgan fingerprint density at radius 1 is 0.851 bits per heavy atom. The molecule has 4 atom stereocenters. The van der Waals surface area contributed by atoms with Crippen LogP contribution in [0.25, 0.3) is 11.1 Å². The Morgan fingerprint density at radius 3 is 2.28 bits per heavy atom. The molecule has 0 saturated carbocycles. The minimum absolute atomic E-state index is 0.00884. The van der Waals surface area contributed by atoms with E-state index in [-0.39, 0.29) is 30.8 Å². The number of nitrogens with one attached hydrogen (secondary N) is 2. The third-order valence-corrected chi connectivity index (χ3v) is 9.43. The second-order valence-electron chi connectivity index (χ2n) is 11.5. The number of thioether (sulfide) groups is 1. The first-order valence-corrected chi connectivity index (χ1v) is 16.6. The molecule has 5 aromatic rings. The topological polar surface area (TPSA) is 123 Å². The number of nitrogens with zero attached hydrogens (tertiary/aromatic N) is 4. The van der Waals surface area contributed by atoms with Gasteiger partial charge in [0, 0.05) is 37.4 Å². The van der Waals surface area contributed by atoms with E-state index in [2.05, 4.69) is 51.3 Å². The molecule has 0 aliphatic carbocycles. The first kappa shape index (κ1) is 32.4. The molecule has 11 heteroatoms. The largest absolute Gasteiger partial charge is 0.392 e. The highest BCUT2D eigenvalue weighted by molar-refractivity contribution is 7.99. The van der Waals surface area contributed by atoms with Crippen molar-refractivity contribution in [3.8, 4) is 11.1 Å². The molecule has 2 heterocycles. The molecule has 0 unspecified atom stereocenters. The van der Waals surface area contributed by atoms with E-state index < -0.39 is 6.29 Å². The number of ether oxygens (including phenoxy) is 2. The Bertz CT molecular complexity index is 1750. The number of carbonyl (C=O) groups is 1. The second-order valence-corrected chi connectivity index (χ2v) is 12.5. The average Bonchev–Trinajstić information content (AvgIpc) is 3.54. The summed E-state index contributed by atoms with van der Waals surface area (Å²) < 4.78 is 14.9. The fourth-order valence-corrected chi connectivity index (χ4v) is 6.62. The molecule has 1 aliphatic heterocycles. The van der Waals surface area contributed by atoms with Crippen LogP contribution in [0.2, 0.25) is 0 Å². The summed E-state index contributed by atoms with van der Waals surface area (Å²) in [5.74, 6) is 0.696. The van der Waals surface area contributed by atoms with Gasteiger partial charge in [-0.1, -0.05) is 122 Å². The Balaban J connectivity index is 1.16. The van der Waals surface area contributed by atoms with Gasteiger partial charge in [0.1, 0.15) is 0 Å². The van der Waals surface area contributed by atoms with Crippen molar-refractivity contribution in [3.05, 3.63) is 131 Å². The smallest absolute Gasteiger partial charge is 0.315 e. The van der Waals surface area contributed by atoms with Crippen LogP contribution >= 0.6 is 11.8 Å². The van der Waals surface area contributed by atoms with Gasteiger partial charge in [-0.2, -0.15) is 0 Å². The van der Waals surface area contributed by atoms with Gasteiger partial charge in [-0.15, -0.1) is 5.10 Å². The molecule has 0 spiro atoms. The standard InChI is InChI=1S/C36H38N6O4S/c1-24-32(23-47-36-39-40-41-42(36)2)45-34(46-33(24)28-14-12-26(22-43)13-15-28)29-18-16-27(17-19-29)31-11-7-6-10-30(31)21-38-35(44)37-20-25-8-4-3-5-9-25/h3-19,24,32-34,43H,20-23H2,1-2H3,(H2,37,38,44)/t24-,32+,33+,34+/m0/s1. The van der Waals surface area contributed by atoms with E-state index in [1.54, 1.807) is 16.4 Å². The number of aryl methyl sites for hydroxylation is 1. The molecule has 1 fully saturated rings. The van der Waals surface area contributed by atoms with E-state index in [1.807, 2.05) is 92.0 Å². The molecule has 47 heavy (non-hydrogen) atoms. The highest BCUT2D eigenvalue weighted by Crippen LogP contribution is 2.43. The summed E-state index contributed by atoms with van der Waals surface area (Å²) in [6.07, 6.45) is -0.946. The van der Waals surface area contributed by atoms with Gasteiger partial charge < -0.3 is 25.2 Å². The van der Waals surface area contributed by atoms with Gasteiger partial charge in [-0.05, 0) is 43.8 Å². The fraction of sp³-hybridized carbons (Fsp3) is 0.278. The Kier molecular flexibility index (Phi) is 10.6. The second kappa shape index (κ2) is 15.4. The number of amides is 2. The molecule has 1 aromatic heterocycles. The van der Waals surface area contributed by atoms with Crippen LogP contribution in [0.3, 0.4) is 0 Å². The van der Waals surface area contributed by atoms with Crippen LogP contribution in [0, 0.1) is 5.92 Å². The van der Waals surface area contributed by atoms with Crippen molar-refractivity contribution in [1.82, 2.24) is 30.8 Å². The third-order valence-electron chi connectivity index (χ3n) is 8.33. The summed E-state index contributed by atoms with van der Waals surface area (Å²) >= 11 is 1.55. The van der Waals surface area contributed by atoms with E-state index in [9.17, 15) is 9.90 Å². The first-order chi connectivity index (χ1) is 23.0. The molecule has 1 aliphatic rings. The van der Waals surface area contributed by atoms with Crippen LogP contribution in [0.5, 0.6) is 0 Å². The van der Waals surface area contributed by atoms with E-state index in [4.69, 9.17) is 9.47 Å². The molecule has 3 N–H and O–H groups in total. The number of carbonyl (C=O) groups excluding carboxylic acids is 1. The van der Waals surface area contributed by atoms with Crippen LogP contribution in [-0.4, -0.2) is 43.2 Å². The van der Waals surface area contributed by atoms with E-state index in [1.165, 1.54) is 0 Å². The normalized spacial score (nSPS) is 19.3. The monoisotopic (exact) mass is 650 g/mol. The van der Waals surface area contributed by atoms with Crippen molar-refractivity contribution in [2.24, 2.45) is 13.0 Å². The lowest BCUT2D eigenvalue weighted by molar-refractivity contribution is -0.268. The Morgan fingerprint density at radius 2 is 1.55 bits per heavy atom. The van der Waals surface area contributed by atoms with Crippen molar-refractivity contribution in [2.75, 3.05) is 5.75 Å². The zero-order chi connectivity index (χ0) is 32.6. The van der Waals surface area contributed by atoms with Gasteiger partial charge in [0.2, 0.25) is 5.16 Å². The van der Waals surface area contributed by atoms with Crippen LogP contribution < -0.4 is 10.6 Å². The maximum atomic E-state index is 12.5. The Labute approximate surface area is 278 Å². The van der Waals surface area contributed by atoms with Gasteiger partial charge in [0.05, 0.1) is 18.8 Å². The summed E-state index contributed by atoms with van der Waals surface area (Å²) in [5.41, 5.74) is 6.91. The summed E-state index contributed by atoms with van der Waals surface area (Å²) in [6, 6.07) is 33.8. The molecule has 2 amide bonds. The highest BCUT2D eigenvalue weighted by atomic mass is 32.2.